The van der Waals surface area contributed by atoms with Gasteiger partial charge in [-0.1, -0.05) is 19.1 Å². The van der Waals surface area contributed by atoms with Crippen LogP contribution in [0.3, 0.4) is 0 Å². The van der Waals surface area contributed by atoms with E-state index in [1.54, 1.807) is 39.5 Å². The number of benzene rings is 2. The van der Waals surface area contributed by atoms with Crippen molar-refractivity contribution in [2.45, 2.75) is 13.3 Å². The molecule has 7 nitrogen and oxygen atoms in total. The Morgan fingerprint density at radius 3 is 2.33 bits per heavy atom. The summed E-state index contributed by atoms with van der Waals surface area (Å²) in [6.45, 7) is 1.83. The molecule has 27 heavy (non-hydrogen) atoms. The van der Waals surface area contributed by atoms with Gasteiger partial charge in [-0.25, -0.2) is 5.43 Å². The van der Waals surface area contributed by atoms with Gasteiger partial charge in [0, 0.05) is 11.1 Å². The highest BCUT2D eigenvalue weighted by atomic mass is 16.5. The summed E-state index contributed by atoms with van der Waals surface area (Å²) in [5.74, 6) is 2.08. The SMILES string of the molecule is CCc1c(OC)ccc(/C=N\NC(=O)COc2ccccc2OC)c1OC. The lowest BCUT2D eigenvalue weighted by atomic mass is 10.1. The number of hydrogen-bond acceptors (Lipinski definition) is 6. The highest BCUT2D eigenvalue weighted by Gasteiger charge is 2.12. The molecule has 0 fully saturated rings. The third kappa shape index (κ3) is 5.13. The van der Waals surface area contributed by atoms with Crippen molar-refractivity contribution in [1.29, 1.82) is 0 Å². The average Bonchev–Trinajstić information content (AvgIpc) is 2.71. The highest BCUT2D eigenvalue weighted by Crippen LogP contribution is 2.31. The molecule has 0 spiro atoms. The average molecular weight is 372 g/mol. The number of para-hydroxylation sites is 2. The number of rotatable bonds is 9. The van der Waals surface area contributed by atoms with Crippen molar-refractivity contribution in [1.82, 2.24) is 5.43 Å². The summed E-state index contributed by atoms with van der Waals surface area (Å²) in [6.07, 6.45) is 2.27. The first kappa shape index (κ1) is 20.1. The summed E-state index contributed by atoms with van der Waals surface area (Å²) in [5, 5.41) is 3.98. The van der Waals surface area contributed by atoms with Crippen LogP contribution in [0.15, 0.2) is 41.5 Å². The number of carbonyl (C=O) groups excluding carboxylic acids is 1. The van der Waals surface area contributed by atoms with Crippen molar-refractivity contribution in [3.8, 4) is 23.0 Å². The Labute approximate surface area is 158 Å². The Morgan fingerprint density at radius 2 is 1.70 bits per heavy atom. The predicted octanol–water partition coefficient (Wildman–Crippen LogP) is 2.80. The predicted molar refractivity (Wildman–Crippen MR) is 103 cm³/mol. The second-order valence-electron chi connectivity index (χ2n) is 5.46. The minimum Gasteiger partial charge on any atom is -0.496 e. The number of hydrogen-bond donors (Lipinski definition) is 1. The van der Waals surface area contributed by atoms with Gasteiger partial charge in [0.25, 0.3) is 5.91 Å². The van der Waals surface area contributed by atoms with Crippen molar-refractivity contribution in [3.05, 3.63) is 47.5 Å². The van der Waals surface area contributed by atoms with Crippen LogP contribution >= 0.6 is 0 Å². The van der Waals surface area contributed by atoms with Crippen LogP contribution in [-0.2, 0) is 11.2 Å². The Kier molecular flexibility index (Phi) is 7.49. The molecular formula is C20H24N2O5. The van der Waals surface area contributed by atoms with Crippen molar-refractivity contribution >= 4 is 12.1 Å². The van der Waals surface area contributed by atoms with Gasteiger partial charge in [0.15, 0.2) is 18.1 Å². The molecule has 0 atom stereocenters. The lowest BCUT2D eigenvalue weighted by Crippen LogP contribution is -2.24. The van der Waals surface area contributed by atoms with E-state index in [-0.39, 0.29) is 12.5 Å². The fraction of sp³-hybridized carbons (Fsp3) is 0.300. The van der Waals surface area contributed by atoms with Crippen LogP contribution in [0.4, 0.5) is 0 Å². The molecule has 0 bridgehead atoms. The van der Waals surface area contributed by atoms with Gasteiger partial charge >= 0.3 is 0 Å². The summed E-state index contributed by atoms with van der Waals surface area (Å²) < 4.78 is 21.4. The molecule has 144 valence electrons. The lowest BCUT2D eigenvalue weighted by molar-refractivity contribution is -0.123. The molecule has 0 radical (unpaired) electrons. The van der Waals surface area contributed by atoms with Crippen LogP contribution in [0.25, 0.3) is 0 Å². The van der Waals surface area contributed by atoms with Crippen LogP contribution in [0, 0.1) is 0 Å². The second-order valence-corrected chi connectivity index (χ2v) is 5.46. The Hall–Kier alpha value is -3.22. The van der Waals surface area contributed by atoms with Gasteiger partial charge < -0.3 is 18.9 Å². The van der Waals surface area contributed by atoms with Crippen LogP contribution in [0.2, 0.25) is 0 Å². The zero-order valence-electron chi connectivity index (χ0n) is 15.9. The van der Waals surface area contributed by atoms with E-state index in [0.717, 1.165) is 23.3 Å². The Morgan fingerprint density at radius 1 is 1.00 bits per heavy atom. The van der Waals surface area contributed by atoms with Crippen LogP contribution in [0.1, 0.15) is 18.1 Å². The van der Waals surface area contributed by atoms with E-state index in [4.69, 9.17) is 18.9 Å². The zero-order valence-corrected chi connectivity index (χ0v) is 15.9. The summed E-state index contributed by atoms with van der Waals surface area (Å²) in [7, 11) is 4.74. The maximum absolute atomic E-state index is 11.9. The molecule has 2 rings (SSSR count). The molecule has 0 heterocycles. The number of ether oxygens (including phenoxy) is 4. The first-order valence-corrected chi connectivity index (χ1v) is 8.46. The fourth-order valence-corrected chi connectivity index (χ4v) is 2.58. The summed E-state index contributed by atoms with van der Waals surface area (Å²) >= 11 is 0. The van der Waals surface area contributed by atoms with E-state index in [0.29, 0.717) is 17.2 Å². The second kappa shape index (κ2) is 10.1. The van der Waals surface area contributed by atoms with Gasteiger partial charge in [0.1, 0.15) is 11.5 Å². The lowest BCUT2D eigenvalue weighted by Gasteiger charge is -2.14. The Balaban J connectivity index is 1.99. The molecule has 2 aromatic rings. The van der Waals surface area contributed by atoms with Gasteiger partial charge in [0.2, 0.25) is 0 Å². The quantitative estimate of drug-likeness (QED) is 0.541. The monoisotopic (exact) mass is 372 g/mol. The minimum atomic E-state index is -0.389. The van der Waals surface area contributed by atoms with Crippen molar-refractivity contribution < 1.29 is 23.7 Å². The van der Waals surface area contributed by atoms with E-state index < -0.39 is 0 Å². The molecule has 0 unspecified atom stereocenters. The maximum Gasteiger partial charge on any atom is 0.277 e. The standard InChI is InChI=1S/C20H24N2O5/c1-5-15-16(24-2)11-10-14(20(15)26-4)12-21-22-19(23)13-27-18-9-7-6-8-17(18)25-3/h6-12H,5,13H2,1-4H3,(H,22,23)/b21-12-. The first-order valence-electron chi connectivity index (χ1n) is 8.46. The summed E-state index contributed by atoms with van der Waals surface area (Å²) in [5.41, 5.74) is 4.11. The molecule has 0 aliphatic rings. The van der Waals surface area contributed by atoms with Gasteiger partial charge in [-0.05, 0) is 30.7 Å². The normalized spacial score (nSPS) is 10.5. The van der Waals surface area contributed by atoms with E-state index >= 15 is 0 Å². The smallest absolute Gasteiger partial charge is 0.277 e. The molecule has 7 heteroatoms. The van der Waals surface area contributed by atoms with E-state index in [1.807, 2.05) is 25.1 Å². The van der Waals surface area contributed by atoms with Gasteiger partial charge in [-0.15, -0.1) is 0 Å². The molecule has 0 aromatic heterocycles. The number of amides is 1. The molecule has 0 aliphatic carbocycles. The number of hydrazone groups is 1. The van der Waals surface area contributed by atoms with Gasteiger partial charge in [-0.2, -0.15) is 5.10 Å². The van der Waals surface area contributed by atoms with Gasteiger partial charge in [0.05, 0.1) is 27.5 Å². The largest absolute Gasteiger partial charge is 0.496 e. The molecule has 1 N–H and O–H groups in total. The summed E-state index contributed by atoms with van der Waals surface area (Å²) in [6, 6.07) is 10.8. The number of nitrogens with zero attached hydrogens (tertiary/aromatic N) is 1. The van der Waals surface area contributed by atoms with E-state index in [2.05, 4.69) is 10.5 Å². The first-order chi connectivity index (χ1) is 13.1. The number of methoxy groups -OCH3 is 3. The van der Waals surface area contributed by atoms with Crippen molar-refractivity contribution in [3.63, 3.8) is 0 Å². The third-order valence-corrected chi connectivity index (χ3v) is 3.85. The zero-order chi connectivity index (χ0) is 19.6. The highest BCUT2D eigenvalue weighted by molar-refractivity contribution is 5.86. The Bertz CT molecular complexity index is 805. The van der Waals surface area contributed by atoms with Crippen LogP contribution < -0.4 is 24.4 Å². The van der Waals surface area contributed by atoms with E-state index in [9.17, 15) is 4.79 Å². The summed E-state index contributed by atoms with van der Waals surface area (Å²) in [4.78, 5) is 11.9. The van der Waals surface area contributed by atoms with Crippen molar-refractivity contribution in [2.75, 3.05) is 27.9 Å². The topological polar surface area (TPSA) is 78.4 Å². The maximum atomic E-state index is 11.9. The molecule has 2 aromatic carbocycles. The van der Waals surface area contributed by atoms with Crippen LogP contribution in [0.5, 0.6) is 23.0 Å². The minimum absolute atomic E-state index is 0.183. The third-order valence-electron chi connectivity index (χ3n) is 3.85. The number of carbonyl (C=O) groups is 1. The van der Waals surface area contributed by atoms with Gasteiger partial charge in [-0.3, -0.25) is 4.79 Å². The molecular weight excluding hydrogens is 348 g/mol. The van der Waals surface area contributed by atoms with Crippen LogP contribution in [-0.4, -0.2) is 40.1 Å². The van der Waals surface area contributed by atoms with E-state index in [1.165, 1.54) is 6.21 Å². The fourth-order valence-electron chi connectivity index (χ4n) is 2.58. The van der Waals surface area contributed by atoms with Crippen molar-refractivity contribution in [2.24, 2.45) is 5.10 Å². The molecule has 1 amide bonds. The molecule has 0 saturated carbocycles. The molecule has 0 saturated heterocycles. The number of nitrogens with one attached hydrogen (secondary N) is 1. The molecule has 0 aliphatic heterocycles.